The average molecular weight is 430 g/mol. The van der Waals surface area contributed by atoms with E-state index in [4.69, 9.17) is 4.74 Å². The molecule has 2 aliphatic rings. The lowest BCUT2D eigenvalue weighted by Gasteiger charge is -2.26. The van der Waals surface area contributed by atoms with E-state index in [1.807, 2.05) is 48.2 Å². The fourth-order valence-corrected chi connectivity index (χ4v) is 5.02. The first kappa shape index (κ1) is 20.0. The molecule has 0 fully saturated rings. The van der Waals surface area contributed by atoms with Crippen LogP contribution in [0.15, 0.2) is 94.4 Å². The number of benzene rings is 3. The Morgan fingerprint density at radius 2 is 1.81 bits per heavy atom. The van der Waals surface area contributed by atoms with Crippen LogP contribution >= 0.6 is 11.8 Å². The molecule has 4 heteroatoms. The van der Waals surface area contributed by atoms with Crippen molar-refractivity contribution in [2.45, 2.75) is 37.2 Å². The summed E-state index contributed by atoms with van der Waals surface area (Å²) in [5.41, 5.74) is 5.44. The minimum atomic E-state index is -0.277. The quantitative estimate of drug-likeness (QED) is 0.450. The van der Waals surface area contributed by atoms with Gasteiger partial charge in [0.25, 0.3) is 0 Å². The molecule has 1 aliphatic heterocycles. The van der Waals surface area contributed by atoms with E-state index < -0.39 is 0 Å². The van der Waals surface area contributed by atoms with E-state index in [2.05, 4.69) is 42.6 Å². The smallest absolute Gasteiger partial charge is 0.127 e. The van der Waals surface area contributed by atoms with Crippen molar-refractivity contribution < 1.29 is 9.13 Å². The molecule has 2 nitrogen and oxygen atoms in total. The minimum Gasteiger partial charge on any atom is -0.489 e. The normalized spacial score (nSPS) is 15.7. The van der Waals surface area contributed by atoms with Crippen molar-refractivity contribution in [1.29, 1.82) is 0 Å². The van der Waals surface area contributed by atoms with Crippen molar-refractivity contribution in [2.24, 2.45) is 0 Å². The van der Waals surface area contributed by atoms with Gasteiger partial charge in [0.2, 0.25) is 0 Å². The number of ether oxygens (including phenoxy) is 1. The Labute approximate surface area is 186 Å². The molecule has 0 radical (unpaired) electrons. The van der Waals surface area contributed by atoms with E-state index >= 15 is 0 Å². The molecule has 0 bridgehead atoms. The molecular formula is C27H24FNOS. The molecule has 0 spiro atoms. The molecule has 156 valence electrons. The summed E-state index contributed by atoms with van der Waals surface area (Å²) in [6.07, 6.45) is 6.75. The third kappa shape index (κ3) is 4.40. The minimum absolute atomic E-state index is 0.0455. The first-order valence-corrected chi connectivity index (χ1v) is 11.4. The third-order valence-corrected chi connectivity index (χ3v) is 6.93. The largest absolute Gasteiger partial charge is 0.489 e. The number of thioether (sulfide) groups is 1. The second-order valence-corrected chi connectivity index (χ2v) is 9.05. The van der Waals surface area contributed by atoms with Gasteiger partial charge in [-0.05, 0) is 53.8 Å². The molecule has 1 heterocycles. The molecule has 0 saturated heterocycles. The van der Waals surface area contributed by atoms with Crippen molar-refractivity contribution >= 4 is 17.4 Å². The van der Waals surface area contributed by atoms with Crippen LogP contribution < -0.4 is 10.1 Å². The van der Waals surface area contributed by atoms with Gasteiger partial charge in [-0.2, -0.15) is 0 Å². The van der Waals surface area contributed by atoms with Crippen LogP contribution in [-0.2, 0) is 6.61 Å². The molecule has 0 aromatic heterocycles. The second-order valence-electron chi connectivity index (χ2n) is 7.96. The molecule has 1 atom stereocenters. The maximum Gasteiger partial charge on any atom is 0.127 e. The van der Waals surface area contributed by atoms with E-state index in [-0.39, 0.29) is 11.7 Å². The van der Waals surface area contributed by atoms with Gasteiger partial charge in [-0.25, -0.2) is 4.39 Å². The molecular weight excluding hydrogens is 405 g/mol. The summed E-state index contributed by atoms with van der Waals surface area (Å²) in [6.45, 7) is 2.53. The van der Waals surface area contributed by atoms with Gasteiger partial charge in [0.1, 0.15) is 18.2 Å². The van der Waals surface area contributed by atoms with Gasteiger partial charge in [-0.15, -0.1) is 0 Å². The Balaban J connectivity index is 1.38. The fraction of sp³-hybridized carbons (Fsp3) is 0.185. The first-order valence-electron chi connectivity index (χ1n) is 10.6. The molecule has 3 aromatic carbocycles. The summed E-state index contributed by atoms with van der Waals surface area (Å²) in [5, 5.41) is 3.58. The van der Waals surface area contributed by atoms with E-state index in [9.17, 15) is 4.39 Å². The van der Waals surface area contributed by atoms with Crippen LogP contribution in [0.2, 0.25) is 0 Å². The predicted molar refractivity (Wildman–Crippen MR) is 126 cm³/mol. The number of fused-ring (bicyclic) bond motifs is 2. The Bertz CT molecular complexity index is 1170. The second kappa shape index (κ2) is 8.64. The van der Waals surface area contributed by atoms with E-state index in [1.54, 1.807) is 6.07 Å². The highest BCUT2D eigenvalue weighted by Crippen LogP contribution is 2.45. The lowest BCUT2D eigenvalue weighted by atomic mass is 9.92. The fourth-order valence-electron chi connectivity index (χ4n) is 3.98. The van der Waals surface area contributed by atoms with Gasteiger partial charge in [0, 0.05) is 27.5 Å². The summed E-state index contributed by atoms with van der Waals surface area (Å²) < 4.78 is 20.3. The summed E-state index contributed by atoms with van der Waals surface area (Å²) in [5.74, 6) is 0.324. The zero-order valence-electron chi connectivity index (χ0n) is 17.4. The van der Waals surface area contributed by atoms with Gasteiger partial charge in [-0.3, -0.25) is 0 Å². The maximum atomic E-state index is 14.4. The van der Waals surface area contributed by atoms with Crippen LogP contribution in [0.3, 0.4) is 0 Å². The monoisotopic (exact) mass is 429 g/mol. The van der Waals surface area contributed by atoms with Crippen LogP contribution in [0, 0.1) is 5.82 Å². The zero-order valence-corrected chi connectivity index (χ0v) is 18.2. The molecule has 1 N–H and O–H groups in total. The van der Waals surface area contributed by atoms with Crippen molar-refractivity contribution in [3.8, 4) is 5.75 Å². The molecule has 1 aliphatic carbocycles. The topological polar surface area (TPSA) is 21.3 Å². The predicted octanol–water partition coefficient (Wildman–Crippen LogP) is 7.64. The Hall–Kier alpha value is -2.98. The highest BCUT2D eigenvalue weighted by atomic mass is 32.2. The van der Waals surface area contributed by atoms with Gasteiger partial charge >= 0.3 is 0 Å². The Kier molecular flexibility index (Phi) is 5.56. The third-order valence-electron chi connectivity index (χ3n) is 5.75. The highest BCUT2D eigenvalue weighted by Gasteiger charge is 2.21. The van der Waals surface area contributed by atoms with Crippen molar-refractivity contribution in [3.63, 3.8) is 0 Å². The average Bonchev–Trinajstić information content (AvgIpc) is 2.81. The van der Waals surface area contributed by atoms with E-state index in [1.165, 1.54) is 21.6 Å². The molecule has 1 unspecified atom stereocenters. The van der Waals surface area contributed by atoms with Gasteiger partial charge < -0.3 is 10.1 Å². The number of allylic oxidation sites excluding steroid dienone is 2. The van der Waals surface area contributed by atoms with Gasteiger partial charge in [0.05, 0.1) is 5.69 Å². The molecule has 5 rings (SSSR count). The van der Waals surface area contributed by atoms with Crippen LogP contribution in [0.1, 0.15) is 42.4 Å². The zero-order chi connectivity index (χ0) is 21.2. The van der Waals surface area contributed by atoms with Crippen molar-refractivity contribution in [3.05, 3.63) is 112 Å². The number of rotatable bonds is 5. The Morgan fingerprint density at radius 3 is 2.68 bits per heavy atom. The first-order chi connectivity index (χ1) is 15.2. The number of hydrogen-bond donors (Lipinski definition) is 1. The molecule has 3 aromatic rings. The van der Waals surface area contributed by atoms with Crippen molar-refractivity contribution in [2.75, 3.05) is 5.32 Å². The lowest BCUT2D eigenvalue weighted by molar-refractivity contribution is 0.304. The van der Waals surface area contributed by atoms with Crippen LogP contribution in [0.5, 0.6) is 5.75 Å². The molecule has 0 saturated carbocycles. The van der Waals surface area contributed by atoms with Crippen LogP contribution in [-0.4, -0.2) is 0 Å². The van der Waals surface area contributed by atoms with Crippen LogP contribution in [0.25, 0.3) is 0 Å². The van der Waals surface area contributed by atoms with Crippen molar-refractivity contribution in [1.82, 2.24) is 0 Å². The van der Waals surface area contributed by atoms with E-state index in [0.29, 0.717) is 12.4 Å². The molecule has 0 amide bonds. The Morgan fingerprint density at radius 1 is 0.968 bits per heavy atom. The van der Waals surface area contributed by atoms with E-state index in [0.717, 1.165) is 35.2 Å². The summed E-state index contributed by atoms with van der Waals surface area (Å²) >= 11 is 1.82. The van der Waals surface area contributed by atoms with Gasteiger partial charge in [0.15, 0.2) is 0 Å². The molecule has 31 heavy (non-hydrogen) atoms. The summed E-state index contributed by atoms with van der Waals surface area (Å²) in [6, 6.07) is 21.4. The van der Waals surface area contributed by atoms with Gasteiger partial charge in [-0.1, -0.05) is 67.2 Å². The number of nitrogens with one attached hydrogen (secondary N) is 1. The number of anilines is 1. The SMILES string of the molecule is CC(c1cc(F)cc(OCc2ccccc2)c1)c1ccc2c(c1)NC1=CCCC=C1S2. The maximum absolute atomic E-state index is 14.4. The number of hydrogen-bond acceptors (Lipinski definition) is 3. The highest BCUT2D eigenvalue weighted by molar-refractivity contribution is 8.03. The standard InChI is InChI=1S/C27H24FNOS/c1-18(20-11-12-27-25(15-20)29-24-9-5-6-10-26(24)31-27)21-13-22(28)16-23(14-21)30-17-19-7-3-2-4-8-19/h2-4,7-16,18,29H,5-6,17H2,1H3. The summed E-state index contributed by atoms with van der Waals surface area (Å²) in [4.78, 5) is 2.54. The van der Waals surface area contributed by atoms with Crippen LogP contribution in [0.4, 0.5) is 10.1 Å². The lowest BCUT2D eigenvalue weighted by Crippen LogP contribution is -2.10. The summed E-state index contributed by atoms with van der Waals surface area (Å²) in [7, 11) is 0. The number of halogens is 1.